The maximum atomic E-state index is 11.0. The fraction of sp³-hybridized carbons (Fsp3) is 0.286. The summed E-state index contributed by atoms with van der Waals surface area (Å²) in [6, 6.07) is 7.20. The van der Waals surface area contributed by atoms with Crippen molar-refractivity contribution in [2.45, 2.75) is 13.8 Å². The molecule has 1 rings (SSSR count). The number of ketones is 1. The number of benzene rings is 1. The molecule has 0 aliphatic rings. The van der Waals surface area contributed by atoms with Gasteiger partial charge in [-0.25, -0.2) is 5.84 Å². The van der Waals surface area contributed by atoms with Gasteiger partial charge in [-0.1, -0.05) is 6.08 Å². The standard InChI is InChI=1S/C9H13N3O.C5H8O/c1-12(2)8-5-3-7(4-6-8)9(13)11-10;1-3-4-5(2)6/h3-6H,10H2,1-2H3,(H,11,13);3-4H,1-2H3/b;4-3+. The van der Waals surface area contributed by atoms with Gasteiger partial charge in [-0.2, -0.15) is 0 Å². The Balaban J connectivity index is 0.000000459. The summed E-state index contributed by atoms with van der Waals surface area (Å²) in [6.07, 6.45) is 3.25. The van der Waals surface area contributed by atoms with Crippen molar-refractivity contribution in [3.8, 4) is 0 Å². The molecule has 0 fully saturated rings. The normalized spacial score (nSPS) is 9.53. The number of nitrogens with two attached hydrogens (primary N) is 1. The van der Waals surface area contributed by atoms with Crippen molar-refractivity contribution in [1.82, 2.24) is 5.43 Å². The second-order valence-corrected chi connectivity index (χ2v) is 4.03. The quantitative estimate of drug-likeness (QED) is 0.375. The van der Waals surface area contributed by atoms with Gasteiger partial charge in [0, 0.05) is 25.3 Å². The van der Waals surface area contributed by atoms with Crippen molar-refractivity contribution < 1.29 is 9.59 Å². The maximum absolute atomic E-state index is 11.0. The van der Waals surface area contributed by atoms with Gasteiger partial charge in [-0.3, -0.25) is 15.0 Å². The second kappa shape index (κ2) is 8.88. The molecule has 0 saturated heterocycles. The van der Waals surface area contributed by atoms with Crippen LogP contribution in [0.1, 0.15) is 24.2 Å². The summed E-state index contributed by atoms with van der Waals surface area (Å²) in [5, 5.41) is 0. The van der Waals surface area contributed by atoms with Crippen LogP contribution in [0.2, 0.25) is 0 Å². The molecule has 0 aliphatic carbocycles. The van der Waals surface area contributed by atoms with Crippen LogP contribution in [0.3, 0.4) is 0 Å². The molecule has 0 saturated carbocycles. The number of anilines is 1. The highest BCUT2D eigenvalue weighted by molar-refractivity contribution is 5.94. The van der Waals surface area contributed by atoms with Crippen LogP contribution >= 0.6 is 0 Å². The van der Waals surface area contributed by atoms with Gasteiger partial charge >= 0.3 is 0 Å². The van der Waals surface area contributed by atoms with Crippen molar-refractivity contribution in [1.29, 1.82) is 0 Å². The zero-order chi connectivity index (χ0) is 14.8. The number of allylic oxidation sites excluding steroid dienone is 2. The predicted octanol–water partition coefficient (Wildman–Crippen LogP) is 1.51. The van der Waals surface area contributed by atoms with E-state index in [0.29, 0.717) is 5.56 Å². The molecule has 0 heterocycles. The zero-order valence-corrected chi connectivity index (χ0v) is 11.8. The number of hydrogen-bond donors (Lipinski definition) is 2. The number of carbonyl (C=O) groups excluding carboxylic acids is 2. The van der Waals surface area contributed by atoms with Gasteiger partial charge in [0.1, 0.15) is 0 Å². The predicted molar refractivity (Wildman–Crippen MR) is 77.9 cm³/mol. The Hall–Kier alpha value is -2.14. The van der Waals surface area contributed by atoms with E-state index in [9.17, 15) is 9.59 Å². The number of rotatable bonds is 3. The first-order valence-corrected chi connectivity index (χ1v) is 5.84. The van der Waals surface area contributed by atoms with Crippen molar-refractivity contribution in [2.75, 3.05) is 19.0 Å². The minimum Gasteiger partial charge on any atom is -0.378 e. The third kappa shape index (κ3) is 7.00. The first kappa shape index (κ1) is 16.9. The molecule has 1 aromatic carbocycles. The summed E-state index contributed by atoms with van der Waals surface area (Å²) >= 11 is 0. The van der Waals surface area contributed by atoms with E-state index in [2.05, 4.69) is 5.43 Å². The van der Waals surface area contributed by atoms with Crippen molar-refractivity contribution >= 4 is 17.4 Å². The third-order valence-electron chi connectivity index (χ3n) is 2.18. The van der Waals surface area contributed by atoms with Crippen LogP contribution in [0.15, 0.2) is 36.4 Å². The van der Waals surface area contributed by atoms with Crippen LogP contribution in [-0.4, -0.2) is 25.8 Å². The molecule has 0 aliphatic heterocycles. The highest BCUT2D eigenvalue weighted by Gasteiger charge is 2.02. The molecular weight excluding hydrogens is 242 g/mol. The van der Waals surface area contributed by atoms with Gasteiger partial charge in [-0.15, -0.1) is 0 Å². The van der Waals surface area contributed by atoms with E-state index in [1.807, 2.05) is 38.1 Å². The van der Waals surface area contributed by atoms with E-state index in [1.165, 1.54) is 13.0 Å². The van der Waals surface area contributed by atoms with Gasteiger partial charge in [0.2, 0.25) is 0 Å². The minimum atomic E-state index is -0.273. The Morgan fingerprint density at radius 3 is 2.00 bits per heavy atom. The lowest BCUT2D eigenvalue weighted by Crippen LogP contribution is -2.29. The molecule has 0 spiro atoms. The molecule has 5 nitrogen and oxygen atoms in total. The topological polar surface area (TPSA) is 75.4 Å². The average Bonchev–Trinajstić information content (AvgIpc) is 2.38. The van der Waals surface area contributed by atoms with E-state index >= 15 is 0 Å². The Morgan fingerprint density at radius 1 is 1.21 bits per heavy atom. The van der Waals surface area contributed by atoms with Crippen molar-refractivity contribution in [3.63, 3.8) is 0 Å². The third-order valence-corrected chi connectivity index (χ3v) is 2.18. The average molecular weight is 263 g/mol. The number of amides is 1. The number of carbonyl (C=O) groups is 2. The van der Waals surface area contributed by atoms with Gasteiger partial charge in [0.05, 0.1) is 0 Å². The van der Waals surface area contributed by atoms with E-state index in [0.717, 1.165) is 5.69 Å². The van der Waals surface area contributed by atoms with Gasteiger partial charge in [0.25, 0.3) is 5.91 Å². The Morgan fingerprint density at radius 2 is 1.74 bits per heavy atom. The molecule has 3 N–H and O–H groups in total. The molecule has 0 radical (unpaired) electrons. The van der Waals surface area contributed by atoms with Crippen LogP contribution in [0.5, 0.6) is 0 Å². The Bertz CT molecular complexity index is 437. The fourth-order valence-electron chi connectivity index (χ4n) is 1.23. The Labute approximate surface area is 114 Å². The summed E-state index contributed by atoms with van der Waals surface area (Å²) in [7, 11) is 3.88. The summed E-state index contributed by atoms with van der Waals surface area (Å²) in [6.45, 7) is 3.35. The van der Waals surface area contributed by atoms with E-state index in [-0.39, 0.29) is 11.7 Å². The summed E-state index contributed by atoms with van der Waals surface area (Å²) in [4.78, 5) is 23.0. The number of nitrogens with zero attached hydrogens (tertiary/aromatic N) is 1. The lowest BCUT2D eigenvalue weighted by atomic mass is 10.2. The molecule has 0 bridgehead atoms. The van der Waals surface area contributed by atoms with E-state index in [1.54, 1.807) is 18.2 Å². The van der Waals surface area contributed by atoms with E-state index in [4.69, 9.17) is 5.84 Å². The maximum Gasteiger partial charge on any atom is 0.265 e. The molecule has 104 valence electrons. The first-order chi connectivity index (χ1) is 8.92. The van der Waals surface area contributed by atoms with Gasteiger partial charge in [-0.05, 0) is 44.2 Å². The number of nitrogen functional groups attached to an aromatic ring is 1. The van der Waals surface area contributed by atoms with Gasteiger partial charge < -0.3 is 4.90 Å². The minimum absolute atomic E-state index is 0.109. The Kier molecular flexibility index (Phi) is 7.88. The van der Waals surface area contributed by atoms with Gasteiger partial charge in [0.15, 0.2) is 5.78 Å². The van der Waals surface area contributed by atoms with Crippen molar-refractivity contribution in [3.05, 3.63) is 42.0 Å². The smallest absolute Gasteiger partial charge is 0.265 e. The zero-order valence-electron chi connectivity index (χ0n) is 11.8. The largest absolute Gasteiger partial charge is 0.378 e. The van der Waals surface area contributed by atoms with Crippen molar-refractivity contribution in [2.24, 2.45) is 5.84 Å². The number of hydrogen-bond acceptors (Lipinski definition) is 4. The second-order valence-electron chi connectivity index (χ2n) is 4.03. The molecule has 1 amide bonds. The molecule has 5 heteroatoms. The lowest BCUT2D eigenvalue weighted by Gasteiger charge is -2.12. The monoisotopic (exact) mass is 263 g/mol. The highest BCUT2D eigenvalue weighted by Crippen LogP contribution is 2.11. The molecule has 0 unspecified atom stereocenters. The van der Waals surface area contributed by atoms with E-state index < -0.39 is 0 Å². The summed E-state index contributed by atoms with van der Waals surface area (Å²) < 4.78 is 0. The SMILES string of the molecule is C/C=C/C(C)=O.CN(C)c1ccc(C(=O)NN)cc1. The molecule has 0 aromatic heterocycles. The molecule has 19 heavy (non-hydrogen) atoms. The first-order valence-electron chi connectivity index (χ1n) is 5.84. The van der Waals surface area contributed by atoms with Crippen LogP contribution in [0.4, 0.5) is 5.69 Å². The molecule has 0 atom stereocenters. The highest BCUT2D eigenvalue weighted by atomic mass is 16.2. The summed E-state index contributed by atoms with van der Waals surface area (Å²) in [5.74, 6) is 4.83. The number of hydrazine groups is 1. The van der Waals surface area contributed by atoms with Crippen LogP contribution in [0, 0.1) is 0 Å². The lowest BCUT2D eigenvalue weighted by molar-refractivity contribution is -0.112. The summed E-state index contributed by atoms with van der Waals surface area (Å²) in [5.41, 5.74) is 3.69. The van der Waals surface area contributed by atoms with Crippen LogP contribution in [0.25, 0.3) is 0 Å². The molecular formula is C14H21N3O2. The number of nitrogens with one attached hydrogen (secondary N) is 1. The van der Waals surface area contributed by atoms with Crippen LogP contribution < -0.4 is 16.2 Å². The van der Waals surface area contributed by atoms with Crippen LogP contribution in [-0.2, 0) is 4.79 Å². The molecule has 1 aromatic rings. The fourth-order valence-corrected chi connectivity index (χ4v) is 1.23.